The average Bonchev–Trinajstić information content (AvgIpc) is 3.15. The number of fused-ring (bicyclic) bond motifs is 1. The number of hydrogen-bond donors (Lipinski definition) is 2. The lowest BCUT2D eigenvalue weighted by Crippen LogP contribution is -2.32. The number of pyridine rings is 1. The van der Waals surface area contributed by atoms with Gasteiger partial charge in [-0.05, 0) is 37.0 Å². The summed E-state index contributed by atoms with van der Waals surface area (Å²) >= 11 is 0. The summed E-state index contributed by atoms with van der Waals surface area (Å²) in [6.45, 7) is -0.993. The summed E-state index contributed by atoms with van der Waals surface area (Å²) < 4.78 is 70.0. The van der Waals surface area contributed by atoms with Crippen molar-refractivity contribution in [2.24, 2.45) is 0 Å². The van der Waals surface area contributed by atoms with Gasteiger partial charge in [0.25, 0.3) is 0 Å². The Labute approximate surface area is 201 Å². The smallest absolute Gasteiger partial charge is 0.406 e. The number of sulfone groups is 1. The second-order valence-electron chi connectivity index (χ2n) is 8.27. The minimum absolute atomic E-state index is 0.0664. The van der Waals surface area contributed by atoms with Gasteiger partial charge in [-0.25, -0.2) is 8.42 Å². The largest absolute Gasteiger partial charge is 0.494 e. The molecule has 2 aromatic heterocycles. The third kappa shape index (κ3) is 6.19. The van der Waals surface area contributed by atoms with Crippen LogP contribution in [0.3, 0.4) is 0 Å². The molecule has 0 atom stereocenters. The predicted octanol–water partition coefficient (Wildman–Crippen LogP) is 4.06. The van der Waals surface area contributed by atoms with Crippen LogP contribution < -0.4 is 15.4 Å². The summed E-state index contributed by atoms with van der Waals surface area (Å²) in [5.41, 5.74) is 1.93. The van der Waals surface area contributed by atoms with Gasteiger partial charge in [-0.1, -0.05) is 12.0 Å². The Morgan fingerprint density at radius 1 is 1.20 bits per heavy atom. The maximum atomic E-state index is 13.4. The van der Waals surface area contributed by atoms with E-state index in [1.807, 2.05) is 0 Å². The quantitative estimate of drug-likeness (QED) is 0.491. The van der Waals surface area contributed by atoms with E-state index >= 15 is 0 Å². The van der Waals surface area contributed by atoms with Gasteiger partial charge in [0.2, 0.25) is 0 Å². The Kier molecular flexibility index (Phi) is 7.12. The molecule has 0 saturated carbocycles. The zero-order valence-corrected chi connectivity index (χ0v) is 19.8. The lowest BCUT2D eigenvalue weighted by atomic mass is 10.1. The molecule has 0 unspecified atom stereocenters. The van der Waals surface area contributed by atoms with Crippen molar-refractivity contribution in [3.8, 4) is 17.6 Å². The molecular formula is C24H25F3N4O3S. The summed E-state index contributed by atoms with van der Waals surface area (Å²) in [5.74, 6) is 6.51. The fourth-order valence-corrected chi connectivity index (χ4v) is 5.58. The van der Waals surface area contributed by atoms with Crippen molar-refractivity contribution in [1.82, 2.24) is 9.55 Å². The molecular weight excluding hydrogens is 481 g/mol. The first-order valence-electron chi connectivity index (χ1n) is 11.0. The van der Waals surface area contributed by atoms with Crippen LogP contribution in [-0.4, -0.2) is 55.3 Å². The normalized spacial score (nSPS) is 15.9. The highest BCUT2D eigenvalue weighted by atomic mass is 32.2. The highest BCUT2D eigenvalue weighted by Crippen LogP contribution is 2.31. The Morgan fingerprint density at radius 3 is 2.69 bits per heavy atom. The molecule has 4 rings (SSSR count). The van der Waals surface area contributed by atoms with Gasteiger partial charge in [-0.2, -0.15) is 13.2 Å². The summed E-state index contributed by atoms with van der Waals surface area (Å²) in [6, 6.07) is 8.36. The minimum Gasteiger partial charge on any atom is -0.494 e. The monoisotopic (exact) mass is 506 g/mol. The molecule has 0 radical (unpaired) electrons. The minimum atomic E-state index is -4.43. The maximum Gasteiger partial charge on any atom is 0.406 e. The zero-order valence-electron chi connectivity index (χ0n) is 19.0. The van der Waals surface area contributed by atoms with Gasteiger partial charge in [-0.3, -0.25) is 4.98 Å². The summed E-state index contributed by atoms with van der Waals surface area (Å²) in [7, 11) is -1.49. The number of methoxy groups -OCH3 is 1. The highest BCUT2D eigenvalue weighted by Gasteiger charge is 2.30. The van der Waals surface area contributed by atoms with Crippen LogP contribution in [0.25, 0.3) is 10.9 Å². The van der Waals surface area contributed by atoms with Crippen LogP contribution in [0.2, 0.25) is 0 Å². The number of anilines is 2. The average molecular weight is 507 g/mol. The van der Waals surface area contributed by atoms with Gasteiger partial charge >= 0.3 is 6.18 Å². The number of ether oxygens (including phenoxy) is 1. The van der Waals surface area contributed by atoms with Crippen LogP contribution in [0.5, 0.6) is 5.75 Å². The van der Waals surface area contributed by atoms with Crippen molar-refractivity contribution in [3.05, 3.63) is 48.4 Å². The van der Waals surface area contributed by atoms with Gasteiger partial charge in [-0.15, -0.1) is 0 Å². The number of hydrogen-bond acceptors (Lipinski definition) is 6. The number of nitrogens with zero attached hydrogens (tertiary/aromatic N) is 2. The molecule has 1 aliphatic heterocycles. The maximum absolute atomic E-state index is 13.4. The molecule has 0 aliphatic carbocycles. The van der Waals surface area contributed by atoms with Crippen LogP contribution in [0.15, 0.2) is 42.7 Å². The number of rotatable bonds is 6. The number of halogens is 3. The van der Waals surface area contributed by atoms with Crippen molar-refractivity contribution in [2.45, 2.75) is 31.6 Å². The lowest BCUT2D eigenvalue weighted by Gasteiger charge is -2.24. The second kappa shape index (κ2) is 10.1. The third-order valence-corrected chi connectivity index (χ3v) is 7.50. The van der Waals surface area contributed by atoms with Crippen molar-refractivity contribution >= 4 is 32.1 Å². The Balaban J connectivity index is 1.61. The van der Waals surface area contributed by atoms with Gasteiger partial charge in [0, 0.05) is 29.4 Å². The number of aromatic nitrogens is 2. The molecule has 2 N–H and O–H groups in total. The molecule has 1 saturated heterocycles. The van der Waals surface area contributed by atoms with Gasteiger partial charge in [0.1, 0.15) is 22.1 Å². The molecule has 0 bridgehead atoms. The van der Waals surface area contributed by atoms with E-state index in [4.69, 9.17) is 4.74 Å². The van der Waals surface area contributed by atoms with Crippen molar-refractivity contribution in [1.29, 1.82) is 0 Å². The van der Waals surface area contributed by atoms with E-state index in [1.54, 1.807) is 42.7 Å². The molecule has 3 aromatic rings. The second-order valence-corrected chi connectivity index (χ2v) is 10.6. The van der Waals surface area contributed by atoms with Gasteiger partial charge in [0.15, 0.2) is 0 Å². The number of nitrogens with one attached hydrogen (secondary N) is 2. The van der Waals surface area contributed by atoms with E-state index < -0.39 is 22.6 Å². The molecule has 1 aromatic carbocycles. The first-order chi connectivity index (χ1) is 16.6. The van der Waals surface area contributed by atoms with E-state index in [2.05, 4.69) is 27.5 Å². The predicted molar refractivity (Wildman–Crippen MR) is 129 cm³/mol. The highest BCUT2D eigenvalue weighted by molar-refractivity contribution is 7.91. The number of benzene rings is 1. The first kappa shape index (κ1) is 24.7. The Bertz CT molecular complexity index is 1360. The van der Waals surface area contributed by atoms with Crippen molar-refractivity contribution in [3.63, 3.8) is 0 Å². The van der Waals surface area contributed by atoms with E-state index in [1.165, 1.54) is 7.11 Å². The zero-order chi connectivity index (χ0) is 25.1. The molecule has 11 heteroatoms. The third-order valence-electron chi connectivity index (χ3n) is 5.78. The Hall–Kier alpha value is -3.39. The lowest BCUT2D eigenvalue weighted by molar-refractivity contribution is -0.140. The molecule has 186 valence electrons. The molecule has 7 nitrogen and oxygen atoms in total. The van der Waals surface area contributed by atoms with E-state index in [0.717, 1.165) is 4.57 Å². The molecule has 1 aliphatic rings. The number of alkyl halides is 3. The van der Waals surface area contributed by atoms with Gasteiger partial charge in [0.05, 0.1) is 48.3 Å². The van der Waals surface area contributed by atoms with Gasteiger partial charge < -0.3 is 19.9 Å². The van der Waals surface area contributed by atoms with Crippen molar-refractivity contribution in [2.75, 3.05) is 35.8 Å². The molecule has 35 heavy (non-hydrogen) atoms. The van der Waals surface area contributed by atoms with Crippen LogP contribution in [0.1, 0.15) is 18.5 Å². The van der Waals surface area contributed by atoms with Crippen LogP contribution in [0, 0.1) is 11.8 Å². The fourth-order valence-electron chi connectivity index (χ4n) is 4.08. The SMILES string of the molecule is COc1ccncc1NCC#Cc1cc2c(NC3CCS(=O)(=O)CC3)cccc2n1CC(F)(F)F. The summed E-state index contributed by atoms with van der Waals surface area (Å²) in [5, 5.41) is 6.99. The molecule has 0 amide bonds. The molecule has 1 fully saturated rings. The van der Waals surface area contributed by atoms with Crippen LogP contribution >= 0.6 is 0 Å². The summed E-state index contributed by atoms with van der Waals surface area (Å²) in [6.07, 6.45) is -0.347. The van der Waals surface area contributed by atoms with E-state index in [-0.39, 0.29) is 29.8 Å². The summed E-state index contributed by atoms with van der Waals surface area (Å²) in [4.78, 5) is 4.02. The molecule has 0 spiro atoms. The standard InChI is InChI=1S/C24H25F3N4O3S/c1-34-23-7-11-28-15-21(23)29-10-3-4-18-14-19-20(30-17-8-12-35(32,33)13-9-17)5-2-6-22(19)31(18)16-24(25,26)27/h2,5-7,11,14-15,17,29-30H,8-10,12-13,16H2,1H3. The van der Waals surface area contributed by atoms with E-state index in [9.17, 15) is 21.6 Å². The Morgan fingerprint density at radius 2 is 1.97 bits per heavy atom. The van der Waals surface area contributed by atoms with E-state index in [0.29, 0.717) is 40.9 Å². The van der Waals surface area contributed by atoms with Crippen LogP contribution in [0.4, 0.5) is 24.5 Å². The van der Waals surface area contributed by atoms with Crippen LogP contribution in [-0.2, 0) is 16.4 Å². The topological polar surface area (TPSA) is 85.2 Å². The fraction of sp³-hybridized carbons (Fsp3) is 0.375. The first-order valence-corrected chi connectivity index (χ1v) is 12.8. The van der Waals surface area contributed by atoms with Crippen molar-refractivity contribution < 1.29 is 26.3 Å². The molecule has 3 heterocycles.